The molecule has 4 atom stereocenters. The first-order valence-electron chi connectivity index (χ1n) is 37.2. The van der Waals surface area contributed by atoms with Crippen LogP contribution in [-0.2, 0) is 77.9 Å². The van der Waals surface area contributed by atoms with Crippen molar-refractivity contribution in [2.24, 2.45) is 22.5 Å². The molecule has 2 aromatic heterocycles. The molecule has 6 aliphatic rings. The fourth-order valence-corrected chi connectivity index (χ4v) is 16.5. The summed E-state index contributed by atoms with van der Waals surface area (Å²) in [5, 5.41) is 12.8. The predicted octanol–water partition coefficient (Wildman–Crippen LogP) is 7.09. The molecule has 9 amide bonds. The number of imide groups is 1. The molecule has 32 nitrogen and oxygen atoms in total. The number of likely N-dealkylation sites (N-methyl/N-ethyl adjacent to an activating group) is 2. The summed E-state index contributed by atoms with van der Waals surface area (Å²) in [5.41, 5.74) is 10.5. The zero-order valence-electron chi connectivity index (χ0n) is 64.2. The average molecular weight is 1690 g/mol. The highest BCUT2D eigenvalue weighted by Crippen LogP contribution is 2.75. The molecule has 3 aliphatic carbocycles. The Labute approximate surface area is 679 Å². The van der Waals surface area contributed by atoms with Crippen molar-refractivity contribution in [2.75, 3.05) is 166 Å². The number of carbonyl (C=O) groups excluding carboxylic acids is 8. The van der Waals surface area contributed by atoms with E-state index in [2.05, 4.69) is 31.2 Å². The number of nitrogens with two attached hydrogens (primary N) is 1. The normalized spacial score (nSPS) is 18.7. The van der Waals surface area contributed by atoms with E-state index in [0.717, 1.165) is 38.1 Å². The van der Waals surface area contributed by atoms with Gasteiger partial charge in [-0.05, 0) is 123 Å². The van der Waals surface area contributed by atoms with Crippen molar-refractivity contribution in [3.8, 4) is 11.5 Å². The van der Waals surface area contributed by atoms with Gasteiger partial charge in [-0.25, -0.2) is 9.36 Å². The number of hydrogen-bond donors (Lipinski definition) is 9. The molecule has 11 rings (SSSR count). The van der Waals surface area contributed by atoms with E-state index in [-0.39, 0.29) is 141 Å². The van der Waals surface area contributed by atoms with Gasteiger partial charge in [0.15, 0.2) is 11.5 Å². The van der Waals surface area contributed by atoms with Crippen LogP contribution in [0.15, 0.2) is 59.8 Å². The molecule has 3 aromatic carbocycles. The maximum atomic E-state index is 15.0. The molecule has 113 heavy (non-hydrogen) atoms. The van der Waals surface area contributed by atoms with Gasteiger partial charge in [0, 0.05) is 124 Å². The summed E-state index contributed by atoms with van der Waals surface area (Å²) in [5.74, 6) is -2.55. The van der Waals surface area contributed by atoms with E-state index in [1.807, 2.05) is 26.1 Å². The number of phosphoric ester groups is 1. The molecule has 0 unspecified atom stereocenters. The fraction of sp³-hybridized carbons (Fsp3) is 0.547. The van der Waals surface area contributed by atoms with Gasteiger partial charge in [0.05, 0.1) is 124 Å². The van der Waals surface area contributed by atoms with Crippen molar-refractivity contribution < 1.29 is 95.1 Å². The second-order valence-electron chi connectivity index (χ2n) is 28.9. The van der Waals surface area contributed by atoms with Gasteiger partial charge >= 0.3 is 13.9 Å². The molecule has 38 heteroatoms. The summed E-state index contributed by atoms with van der Waals surface area (Å²) >= 11 is 26.1. The number of aromatic nitrogens is 2. The van der Waals surface area contributed by atoms with E-state index in [0.29, 0.717) is 136 Å². The third kappa shape index (κ3) is 21.5. The molecule has 5 heterocycles. The molecule has 616 valence electrons. The molecule has 3 fully saturated rings. The van der Waals surface area contributed by atoms with Gasteiger partial charge < -0.3 is 99.0 Å². The number of fused-ring (bicyclic) bond motifs is 6. The Hall–Kier alpha value is -7.74. The van der Waals surface area contributed by atoms with Crippen LogP contribution in [0.2, 0.25) is 0 Å². The lowest BCUT2D eigenvalue weighted by Gasteiger charge is -2.69. The zero-order chi connectivity index (χ0) is 81.5. The zero-order valence-corrected chi connectivity index (χ0v) is 69.0. The van der Waals surface area contributed by atoms with Crippen LogP contribution in [-0.4, -0.2) is 255 Å². The first-order chi connectivity index (χ1) is 54.0. The number of primary amides is 1. The lowest BCUT2D eigenvalue weighted by atomic mass is 9.34. The number of nitrogens with zero attached hydrogens (tertiary/aromatic N) is 5. The monoisotopic (exact) mass is 1680 g/mol. The molecule has 0 saturated heterocycles. The number of hydrogen-bond acceptors (Lipinski definition) is 21. The van der Waals surface area contributed by atoms with Crippen LogP contribution in [0.4, 0.5) is 21.9 Å². The lowest BCUT2D eigenvalue weighted by Crippen LogP contribution is -2.73. The van der Waals surface area contributed by atoms with Crippen molar-refractivity contribution >= 4 is 164 Å². The number of benzene rings is 3. The van der Waals surface area contributed by atoms with Crippen LogP contribution in [0.25, 0.3) is 21.8 Å². The SMILES string of the molecule is CSC1=CC(=O)N(CCOCCOCCOCCOCCOCCOCCC(=O)N[C@H](C(=O)N[C@@H](CCCNC(N)=O)C(=O)Nc2ccc(COC(=S)N(C)CCN(C)C(=S)Oc3cc4c(c5c(C)c[nH]c35)[C@H](CCl)CN4C(=O)C34CC(C(=O)N5C[C@@H](CCl)c6c5cc(OP(=O)(O)O)c5[nH]cc(C)c65)(C3)C4)cc2)C(C)C)C1=O. The van der Waals surface area contributed by atoms with Crippen LogP contribution >= 0.6 is 67.2 Å². The maximum Gasteiger partial charge on any atom is 0.524 e. The number of thiocarbonyl (C=S) groups is 2. The number of halogens is 2. The number of rotatable bonds is 44. The van der Waals surface area contributed by atoms with Crippen LogP contribution in [0.5, 0.6) is 11.5 Å². The van der Waals surface area contributed by atoms with E-state index in [1.54, 1.807) is 84.3 Å². The molecular weight excluding hydrogens is 1590 g/mol. The van der Waals surface area contributed by atoms with Gasteiger partial charge in [-0.1, -0.05) is 26.0 Å². The number of anilines is 3. The van der Waals surface area contributed by atoms with Crippen molar-refractivity contribution in [3.63, 3.8) is 0 Å². The number of phosphoric acid groups is 1. The van der Waals surface area contributed by atoms with E-state index >= 15 is 4.79 Å². The average Bonchev–Trinajstić information content (AvgIpc) is 1.57. The Bertz CT molecular complexity index is 4390. The van der Waals surface area contributed by atoms with Crippen LogP contribution in [0.1, 0.15) is 92.0 Å². The van der Waals surface area contributed by atoms with E-state index in [4.69, 9.17) is 95.8 Å². The molecule has 10 N–H and O–H groups in total. The number of H-pyrrole nitrogens is 2. The van der Waals surface area contributed by atoms with Crippen molar-refractivity contribution in [1.29, 1.82) is 0 Å². The van der Waals surface area contributed by atoms with Gasteiger partial charge in [-0.2, -0.15) is 0 Å². The summed E-state index contributed by atoms with van der Waals surface area (Å²) < 4.78 is 63.0. The Morgan fingerprint density at radius 2 is 1.21 bits per heavy atom. The second-order valence-corrected chi connectivity index (χ2v) is 32.3. The minimum absolute atomic E-state index is 0.0417. The van der Waals surface area contributed by atoms with Crippen molar-refractivity contribution in [2.45, 2.75) is 96.7 Å². The van der Waals surface area contributed by atoms with Gasteiger partial charge in [-0.15, -0.1) is 35.0 Å². The molecule has 0 spiro atoms. The van der Waals surface area contributed by atoms with Gasteiger partial charge in [0.2, 0.25) is 29.5 Å². The van der Waals surface area contributed by atoms with Crippen LogP contribution in [0, 0.1) is 30.6 Å². The number of aromatic amines is 2. The van der Waals surface area contributed by atoms with Crippen molar-refractivity contribution in [3.05, 3.63) is 87.6 Å². The van der Waals surface area contributed by atoms with Crippen LogP contribution in [0.3, 0.4) is 0 Å². The Kier molecular flexibility index (Phi) is 30.8. The third-order valence-electron chi connectivity index (χ3n) is 20.5. The van der Waals surface area contributed by atoms with Gasteiger partial charge in [-0.3, -0.25) is 48.2 Å². The van der Waals surface area contributed by atoms with Gasteiger partial charge in [0.25, 0.3) is 22.2 Å². The Morgan fingerprint density at radius 3 is 1.70 bits per heavy atom. The largest absolute Gasteiger partial charge is 0.524 e. The smallest absolute Gasteiger partial charge is 0.466 e. The molecular formula is C75H99Cl2N12O20PS3. The summed E-state index contributed by atoms with van der Waals surface area (Å²) in [6.07, 6.45) is 8.00. The number of nitrogens with one attached hydrogen (secondary N) is 6. The lowest BCUT2D eigenvalue weighted by molar-refractivity contribution is -0.205. The number of carbonyl (C=O) groups is 8. The number of amides is 9. The minimum Gasteiger partial charge on any atom is -0.466 e. The Balaban J connectivity index is 0.623. The standard InChI is InChI=1S/C75H99Cl2N12O20PS3/c1-44(2)63(84-57(90)14-19-101-21-23-103-25-27-105-29-30-106-28-26-104-24-22-102-20-18-87-58(91)33-56(113-7)68(87)94)67(93)83-51(9-8-15-79-71(78)97)66(92)82-50-12-10-47(11-13-50)40-107-72(111)85(5)16-17-86(6)73(112)108-54-31-52-61(59-45(3)36-80-64(54)59)48(34-76)38-88(52)69(95)74-41-75(42-74,43-74)70(96)89-39-49(35-77)62-53(89)32-55(109-110(98,99)100)65-60(62)46(4)37-81-65/h10-13,31-33,36-37,44,48-49,51,63,80-81H,8-9,14-30,34-35,38-43H2,1-7H3,(H,82,92)(H,83,93)(H,84,90)(H3,78,79,97)(H2,98,99,100)/t48-,49-,51+,63+,74?,75?/m1/s1. The molecule has 2 bridgehead atoms. The second kappa shape index (κ2) is 39.7. The number of urea groups is 1. The number of aryl methyl sites for hydroxylation is 2. The summed E-state index contributed by atoms with van der Waals surface area (Å²) in [4.78, 5) is 141. The van der Waals surface area contributed by atoms with Gasteiger partial charge in [0.1, 0.15) is 18.7 Å². The quantitative estimate of drug-likeness (QED) is 0.00617. The Morgan fingerprint density at radius 1 is 0.717 bits per heavy atom. The third-order valence-corrected chi connectivity index (χ3v) is 23.3. The van der Waals surface area contributed by atoms with Crippen molar-refractivity contribution in [1.82, 2.24) is 40.6 Å². The number of alkyl halides is 2. The first-order valence-corrected chi connectivity index (χ1v) is 41.9. The van der Waals surface area contributed by atoms with E-state index < -0.39 is 54.5 Å². The van der Waals surface area contributed by atoms with Crippen LogP contribution < -0.4 is 46.1 Å². The van der Waals surface area contributed by atoms with E-state index in [9.17, 15) is 47.9 Å². The predicted molar refractivity (Wildman–Crippen MR) is 433 cm³/mol. The highest BCUT2D eigenvalue weighted by molar-refractivity contribution is 8.03. The first kappa shape index (κ1) is 87.6. The molecule has 5 aromatic rings. The highest BCUT2D eigenvalue weighted by atomic mass is 35.5. The molecule has 0 radical (unpaired) electrons. The summed E-state index contributed by atoms with van der Waals surface area (Å²) in [6.45, 7) is 12.6. The topological polar surface area (TPSA) is 399 Å². The molecule has 3 saturated carbocycles. The summed E-state index contributed by atoms with van der Waals surface area (Å²) in [6, 6.07) is 7.37. The number of ether oxygens (including phenoxy) is 8. The fourth-order valence-electron chi connectivity index (χ4n) is 14.8. The summed E-state index contributed by atoms with van der Waals surface area (Å²) in [7, 11) is -1.41. The maximum absolute atomic E-state index is 15.0. The highest BCUT2D eigenvalue weighted by Gasteiger charge is 2.76. The molecule has 3 aliphatic heterocycles. The minimum atomic E-state index is -4.98. The van der Waals surface area contributed by atoms with E-state index in [1.165, 1.54) is 23.9 Å². The number of thioether (sulfide) groups is 1.